The summed E-state index contributed by atoms with van der Waals surface area (Å²) in [7, 11) is 0. The Morgan fingerprint density at radius 3 is 2.32 bits per heavy atom. The topological polar surface area (TPSA) is 244 Å². The van der Waals surface area contributed by atoms with E-state index in [0.717, 1.165) is 0 Å². The number of H-pyrrole nitrogens is 1. The number of imidazole rings is 1. The van der Waals surface area contributed by atoms with E-state index in [9.17, 15) is 24.3 Å². The van der Waals surface area contributed by atoms with Gasteiger partial charge in [-0.2, -0.15) is 11.8 Å². The largest absolute Gasteiger partial charge is 0.480 e. The molecule has 0 saturated carbocycles. The molecule has 0 saturated heterocycles. The predicted octanol–water partition coefficient (Wildman–Crippen LogP) is -1.33. The third-order valence-corrected chi connectivity index (χ3v) is 6.58. The Balaban J connectivity index is 3.10. The molecule has 0 aromatic carbocycles. The number of amides is 3. The normalized spacial score (nSPS) is 14.8. The van der Waals surface area contributed by atoms with Gasteiger partial charge in [0.2, 0.25) is 17.7 Å². The Bertz CT molecular complexity index is 924. The second-order valence-corrected chi connectivity index (χ2v) is 9.94. The van der Waals surface area contributed by atoms with Crippen LogP contribution in [0.15, 0.2) is 17.5 Å². The summed E-state index contributed by atoms with van der Waals surface area (Å²) in [5.74, 6) is -2.77. The van der Waals surface area contributed by atoms with Gasteiger partial charge in [-0.15, -0.1) is 0 Å². The van der Waals surface area contributed by atoms with Crippen LogP contribution >= 0.6 is 11.8 Å². The smallest absolute Gasteiger partial charge is 0.326 e. The molecular weight excluding hydrogens is 514 g/mol. The second kappa shape index (κ2) is 17.2. The van der Waals surface area contributed by atoms with Crippen LogP contribution in [-0.2, 0) is 25.6 Å². The average Bonchev–Trinajstić information content (AvgIpc) is 3.39. The van der Waals surface area contributed by atoms with Gasteiger partial charge in [0.05, 0.1) is 12.4 Å². The first-order valence-corrected chi connectivity index (χ1v) is 13.8. The molecule has 5 atom stereocenters. The van der Waals surface area contributed by atoms with Crippen LogP contribution in [0.3, 0.4) is 0 Å². The molecule has 11 N–H and O–H groups in total. The number of aromatic nitrogens is 2. The number of nitrogens with one attached hydrogen (secondary N) is 4. The third-order valence-electron chi connectivity index (χ3n) is 5.94. The van der Waals surface area contributed by atoms with Crippen LogP contribution in [0.25, 0.3) is 0 Å². The summed E-state index contributed by atoms with van der Waals surface area (Å²) in [4.78, 5) is 61.6. The van der Waals surface area contributed by atoms with E-state index in [2.05, 4.69) is 30.9 Å². The number of carbonyl (C=O) groups excluding carboxylic acids is 3. The molecule has 0 bridgehead atoms. The third kappa shape index (κ3) is 11.8. The number of thioether (sulfide) groups is 1. The van der Waals surface area contributed by atoms with Crippen molar-refractivity contribution in [1.29, 1.82) is 0 Å². The van der Waals surface area contributed by atoms with Crippen molar-refractivity contribution >= 4 is 41.4 Å². The van der Waals surface area contributed by atoms with Gasteiger partial charge in [0.1, 0.15) is 18.1 Å². The van der Waals surface area contributed by atoms with E-state index < -0.39 is 47.9 Å². The first-order valence-electron chi connectivity index (χ1n) is 12.4. The van der Waals surface area contributed by atoms with Gasteiger partial charge < -0.3 is 43.2 Å². The molecule has 1 rings (SSSR count). The molecule has 1 aromatic rings. The number of nitrogens with two attached hydrogens (primary N) is 3. The number of aliphatic carboxylic acids is 1. The molecule has 38 heavy (non-hydrogen) atoms. The number of rotatable bonds is 18. The molecule has 14 nitrogen and oxygen atoms in total. The quantitative estimate of drug-likeness (QED) is 0.0602. The number of aromatic amines is 1. The molecule has 15 heteroatoms. The van der Waals surface area contributed by atoms with E-state index in [0.29, 0.717) is 30.7 Å². The Morgan fingerprint density at radius 2 is 1.76 bits per heavy atom. The highest BCUT2D eigenvalue weighted by Crippen LogP contribution is 2.10. The fraction of sp³-hybridized carbons (Fsp3) is 0.652. The molecule has 0 radical (unpaired) electrons. The minimum atomic E-state index is -1.18. The van der Waals surface area contributed by atoms with Crippen LogP contribution in [0.4, 0.5) is 0 Å². The van der Waals surface area contributed by atoms with Crippen LogP contribution in [0.2, 0.25) is 0 Å². The number of carboxylic acids is 1. The van der Waals surface area contributed by atoms with Crippen molar-refractivity contribution in [2.75, 3.05) is 18.6 Å². The van der Waals surface area contributed by atoms with Crippen molar-refractivity contribution in [3.05, 3.63) is 18.2 Å². The second-order valence-electron chi connectivity index (χ2n) is 8.95. The Kier molecular flexibility index (Phi) is 14.8. The number of carbonyl (C=O) groups is 4. The van der Waals surface area contributed by atoms with E-state index in [1.165, 1.54) is 12.5 Å². The first kappa shape index (κ1) is 32.7. The summed E-state index contributed by atoms with van der Waals surface area (Å²) in [6.45, 7) is 3.73. The van der Waals surface area contributed by atoms with Crippen LogP contribution in [0.5, 0.6) is 0 Å². The summed E-state index contributed by atoms with van der Waals surface area (Å²) in [5, 5.41) is 17.4. The number of nitrogens with zero attached hydrogens (tertiary/aromatic N) is 2. The zero-order valence-electron chi connectivity index (χ0n) is 22.1. The molecule has 1 heterocycles. The van der Waals surface area contributed by atoms with Crippen molar-refractivity contribution < 1.29 is 24.3 Å². The Morgan fingerprint density at radius 1 is 1.11 bits per heavy atom. The molecule has 0 aliphatic carbocycles. The fourth-order valence-electron chi connectivity index (χ4n) is 3.46. The molecule has 0 aliphatic rings. The van der Waals surface area contributed by atoms with Crippen molar-refractivity contribution in [3.63, 3.8) is 0 Å². The van der Waals surface area contributed by atoms with Gasteiger partial charge >= 0.3 is 5.97 Å². The first-order chi connectivity index (χ1) is 18.0. The molecule has 0 spiro atoms. The monoisotopic (exact) mass is 555 g/mol. The van der Waals surface area contributed by atoms with Gasteiger partial charge in [0.15, 0.2) is 5.96 Å². The van der Waals surface area contributed by atoms with Gasteiger partial charge in [-0.3, -0.25) is 19.4 Å². The van der Waals surface area contributed by atoms with Crippen molar-refractivity contribution in [2.24, 2.45) is 28.1 Å². The standard InChI is InChI=1S/C23H41N9O5S/c1-4-13(2)18(22(36)37)32-20(34)16(6-5-8-28-23(25)26)30-21(35)17(10-14-11-27-12-29-14)31-19(33)15(24)7-9-38-3/h11-13,15-18H,4-10,24H2,1-3H3,(H,27,29)(H,30,35)(H,31,33)(H,32,34)(H,36,37)(H4,25,26,28). The molecular formula is C23H41N9O5S. The molecule has 5 unspecified atom stereocenters. The van der Waals surface area contributed by atoms with E-state index in [1.54, 1.807) is 18.7 Å². The van der Waals surface area contributed by atoms with Crippen LogP contribution in [-0.4, -0.2) is 87.4 Å². The van der Waals surface area contributed by atoms with E-state index in [-0.39, 0.29) is 31.3 Å². The summed E-state index contributed by atoms with van der Waals surface area (Å²) in [6.07, 6.45) is 6.32. The molecule has 1 aromatic heterocycles. The molecule has 0 aliphatic heterocycles. The van der Waals surface area contributed by atoms with Gasteiger partial charge in [-0.05, 0) is 37.2 Å². The lowest BCUT2D eigenvalue weighted by Gasteiger charge is -2.26. The molecule has 3 amide bonds. The number of carboxylic acid groups (broad SMARTS) is 1. The number of guanidine groups is 1. The SMILES string of the molecule is CCC(C)C(NC(=O)C(CCCN=C(N)N)NC(=O)C(Cc1cnc[nH]1)NC(=O)C(N)CCSC)C(=O)O. The predicted molar refractivity (Wildman–Crippen MR) is 146 cm³/mol. The maximum absolute atomic E-state index is 13.3. The van der Waals surface area contributed by atoms with Crippen molar-refractivity contribution in [1.82, 2.24) is 25.9 Å². The highest BCUT2D eigenvalue weighted by molar-refractivity contribution is 7.98. The summed E-state index contributed by atoms with van der Waals surface area (Å²) in [6, 6.07) is -4.13. The fourth-order valence-corrected chi connectivity index (χ4v) is 3.95. The zero-order chi connectivity index (χ0) is 28.7. The Hall–Kier alpha value is -3.33. The number of hydrogen-bond acceptors (Lipinski definition) is 8. The summed E-state index contributed by atoms with van der Waals surface area (Å²) < 4.78 is 0. The maximum atomic E-state index is 13.3. The van der Waals surface area contributed by atoms with Crippen molar-refractivity contribution in [2.45, 2.75) is 70.1 Å². The van der Waals surface area contributed by atoms with Gasteiger partial charge in [0.25, 0.3) is 0 Å². The maximum Gasteiger partial charge on any atom is 0.326 e. The lowest BCUT2D eigenvalue weighted by molar-refractivity contribution is -0.144. The number of hydrogen-bond donors (Lipinski definition) is 8. The van der Waals surface area contributed by atoms with E-state index >= 15 is 0 Å². The van der Waals surface area contributed by atoms with Crippen LogP contribution in [0.1, 0.15) is 45.2 Å². The van der Waals surface area contributed by atoms with Crippen molar-refractivity contribution in [3.8, 4) is 0 Å². The highest BCUT2D eigenvalue weighted by atomic mass is 32.2. The lowest BCUT2D eigenvalue weighted by Crippen LogP contribution is -2.58. The van der Waals surface area contributed by atoms with E-state index in [4.69, 9.17) is 17.2 Å². The minimum absolute atomic E-state index is 0.0692. The lowest BCUT2D eigenvalue weighted by atomic mass is 9.98. The van der Waals surface area contributed by atoms with Gasteiger partial charge in [0, 0.05) is 24.9 Å². The summed E-state index contributed by atoms with van der Waals surface area (Å²) >= 11 is 1.55. The highest BCUT2D eigenvalue weighted by Gasteiger charge is 2.32. The number of aliphatic imine (C=N–C) groups is 1. The zero-order valence-corrected chi connectivity index (χ0v) is 22.9. The van der Waals surface area contributed by atoms with Gasteiger partial charge in [-0.1, -0.05) is 20.3 Å². The molecule has 214 valence electrons. The Labute approximate surface area is 226 Å². The molecule has 0 fully saturated rings. The average molecular weight is 556 g/mol. The van der Waals surface area contributed by atoms with Gasteiger partial charge in [-0.25, -0.2) is 9.78 Å². The minimum Gasteiger partial charge on any atom is -0.480 e. The van der Waals surface area contributed by atoms with Crippen LogP contribution in [0, 0.1) is 5.92 Å². The summed E-state index contributed by atoms with van der Waals surface area (Å²) in [5.41, 5.74) is 17.3. The van der Waals surface area contributed by atoms with E-state index in [1.807, 2.05) is 13.2 Å². The van der Waals surface area contributed by atoms with Crippen LogP contribution < -0.4 is 33.2 Å².